The third kappa shape index (κ3) is 4.12. The second-order valence-electron chi connectivity index (χ2n) is 8.39. The van der Waals surface area contributed by atoms with E-state index in [1.54, 1.807) is 20.2 Å². The minimum Gasteiger partial charge on any atom is -0.495 e. The standard InChI is InChI=1S/C27H26N4O3/c1-19(32)20-7-9-21(10-8-20)22-11-12-26-28-23(18-31(26)17-22)27(33)30-15-13-29(14-16-30)24-5-3-4-6-25(24)34-2/h3-12,17-18H,13-16H2,1-2H3. The molecule has 1 aliphatic heterocycles. The van der Waals surface area contributed by atoms with Crippen molar-refractivity contribution in [2.24, 2.45) is 0 Å². The molecule has 0 N–H and O–H groups in total. The van der Waals surface area contributed by atoms with Gasteiger partial charge in [-0.15, -0.1) is 0 Å². The first-order valence-electron chi connectivity index (χ1n) is 11.3. The number of nitrogens with zero attached hydrogens (tertiary/aromatic N) is 4. The molecule has 0 saturated carbocycles. The number of fused-ring (bicyclic) bond motifs is 1. The number of anilines is 1. The number of carbonyl (C=O) groups excluding carboxylic acids is 2. The quantitative estimate of drug-likeness (QED) is 0.424. The molecule has 172 valence electrons. The van der Waals surface area contributed by atoms with Crippen LogP contribution in [-0.2, 0) is 0 Å². The Hall–Kier alpha value is -4.13. The lowest BCUT2D eigenvalue weighted by molar-refractivity contribution is 0.0741. The number of piperazine rings is 1. The summed E-state index contributed by atoms with van der Waals surface area (Å²) >= 11 is 0. The van der Waals surface area contributed by atoms with Gasteiger partial charge in [-0.25, -0.2) is 4.98 Å². The fraction of sp³-hybridized carbons (Fsp3) is 0.222. The molecule has 4 aromatic rings. The Kier molecular flexibility index (Phi) is 5.76. The Balaban J connectivity index is 1.31. The molecule has 3 heterocycles. The summed E-state index contributed by atoms with van der Waals surface area (Å²) in [5.74, 6) is 0.827. The molecule has 1 fully saturated rings. The highest BCUT2D eigenvalue weighted by Gasteiger charge is 2.25. The molecule has 0 atom stereocenters. The number of hydrogen-bond donors (Lipinski definition) is 0. The van der Waals surface area contributed by atoms with Crippen molar-refractivity contribution < 1.29 is 14.3 Å². The number of rotatable bonds is 5. The van der Waals surface area contributed by atoms with E-state index < -0.39 is 0 Å². The second-order valence-corrected chi connectivity index (χ2v) is 8.39. The summed E-state index contributed by atoms with van der Waals surface area (Å²) in [6.07, 6.45) is 3.75. The SMILES string of the molecule is COc1ccccc1N1CCN(C(=O)c2cn3cc(-c4ccc(C(C)=O)cc4)ccc3n2)CC1. The number of pyridine rings is 1. The van der Waals surface area contributed by atoms with Crippen LogP contribution in [0.3, 0.4) is 0 Å². The van der Waals surface area contributed by atoms with Gasteiger partial charge in [-0.2, -0.15) is 0 Å². The van der Waals surface area contributed by atoms with E-state index >= 15 is 0 Å². The number of amides is 1. The number of hydrogen-bond acceptors (Lipinski definition) is 5. The summed E-state index contributed by atoms with van der Waals surface area (Å²) in [6.45, 7) is 4.28. The monoisotopic (exact) mass is 454 g/mol. The van der Waals surface area contributed by atoms with Gasteiger partial charge in [0.15, 0.2) is 5.78 Å². The molecular formula is C27H26N4O3. The summed E-state index contributed by atoms with van der Waals surface area (Å²) in [5, 5.41) is 0. The number of methoxy groups -OCH3 is 1. The molecule has 0 spiro atoms. The number of aromatic nitrogens is 2. The van der Waals surface area contributed by atoms with E-state index in [9.17, 15) is 9.59 Å². The van der Waals surface area contributed by atoms with Crippen LogP contribution in [0.1, 0.15) is 27.8 Å². The van der Waals surface area contributed by atoms with Gasteiger partial charge >= 0.3 is 0 Å². The maximum Gasteiger partial charge on any atom is 0.274 e. The van der Waals surface area contributed by atoms with E-state index in [4.69, 9.17) is 4.74 Å². The van der Waals surface area contributed by atoms with Crippen molar-refractivity contribution in [1.29, 1.82) is 0 Å². The van der Waals surface area contributed by atoms with Crippen LogP contribution in [-0.4, -0.2) is 59.3 Å². The van der Waals surface area contributed by atoms with Crippen LogP contribution in [0.5, 0.6) is 5.75 Å². The summed E-state index contributed by atoms with van der Waals surface area (Å²) in [5.41, 5.74) is 4.89. The number of imidazole rings is 1. The molecule has 5 rings (SSSR count). The molecule has 1 aliphatic rings. The van der Waals surface area contributed by atoms with Gasteiger partial charge < -0.3 is 18.9 Å². The van der Waals surface area contributed by atoms with Crippen molar-refractivity contribution in [2.75, 3.05) is 38.2 Å². The molecule has 0 bridgehead atoms. The zero-order valence-electron chi connectivity index (χ0n) is 19.3. The fourth-order valence-corrected chi connectivity index (χ4v) is 4.37. The van der Waals surface area contributed by atoms with Gasteiger partial charge in [0.05, 0.1) is 12.8 Å². The largest absolute Gasteiger partial charge is 0.495 e. The highest BCUT2D eigenvalue weighted by molar-refractivity contribution is 5.94. The summed E-state index contributed by atoms with van der Waals surface area (Å²) in [6, 6.07) is 19.4. The molecule has 7 nitrogen and oxygen atoms in total. The summed E-state index contributed by atoms with van der Waals surface area (Å²) in [7, 11) is 1.68. The molecule has 0 radical (unpaired) electrons. The molecule has 0 unspecified atom stereocenters. The summed E-state index contributed by atoms with van der Waals surface area (Å²) in [4.78, 5) is 33.4. The molecule has 34 heavy (non-hydrogen) atoms. The van der Waals surface area contributed by atoms with Crippen LogP contribution in [0, 0.1) is 0 Å². The molecular weight excluding hydrogens is 428 g/mol. The van der Waals surface area contributed by atoms with E-state index in [0.717, 1.165) is 41.3 Å². The Bertz CT molecular complexity index is 1350. The topological polar surface area (TPSA) is 67.2 Å². The van der Waals surface area contributed by atoms with Gasteiger partial charge in [-0.05, 0) is 42.3 Å². The van der Waals surface area contributed by atoms with Gasteiger partial charge in [0.25, 0.3) is 5.91 Å². The van der Waals surface area contributed by atoms with Crippen molar-refractivity contribution >= 4 is 23.0 Å². The third-order valence-electron chi connectivity index (χ3n) is 6.29. The zero-order valence-corrected chi connectivity index (χ0v) is 19.3. The maximum absolute atomic E-state index is 13.2. The van der Waals surface area contributed by atoms with E-state index in [0.29, 0.717) is 24.3 Å². The molecule has 0 aliphatic carbocycles. The average molecular weight is 455 g/mol. The van der Waals surface area contributed by atoms with Gasteiger partial charge in [0, 0.05) is 44.1 Å². The van der Waals surface area contributed by atoms with Crippen molar-refractivity contribution in [3.63, 3.8) is 0 Å². The van der Waals surface area contributed by atoms with E-state index in [2.05, 4.69) is 9.88 Å². The third-order valence-corrected chi connectivity index (χ3v) is 6.29. The number of para-hydroxylation sites is 2. The van der Waals surface area contributed by atoms with Crippen LogP contribution in [0.25, 0.3) is 16.8 Å². The van der Waals surface area contributed by atoms with Crippen molar-refractivity contribution in [2.45, 2.75) is 6.92 Å². The maximum atomic E-state index is 13.2. The first-order chi connectivity index (χ1) is 16.5. The molecule has 7 heteroatoms. The Morgan fingerprint density at radius 3 is 2.26 bits per heavy atom. The van der Waals surface area contributed by atoms with Gasteiger partial charge in [-0.3, -0.25) is 9.59 Å². The lowest BCUT2D eigenvalue weighted by atomic mass is 10.0. The normalized spacial score (nSPS) is 13.8. The summed E-state index contributed by atoms with van der Waals surface area (Å²) < 4.78 is 7.37. The lowest BCUT2D eigenvalue weighted by Gasteiger charge is -2.36. The highest BCUT2D eigenvalue weighted by Crippen LogP contribution is 2.28. The number of carbonyl (C=O) groups is 2. The van der Waals surface area contributed by atoms with E-state index in [1.807, 2.05) is 76.2 Å². The van der Waals surface area contributed by atoms with Crippen molar-refractivity contribution in [1.82, 2.24) is 14.3 Å². The lowest BCUT2D eigenvalue weighted by Crippen LogP contribution is -2.49. The van der Waals surface area contributed by atoms with E-state index in [-0.39, 0.29) is 11.7 Å². The average Bonchev–Trinajstić information content (AvgIpc) is 3.32. The van der Waals surface area contributed by atoms with Crippen LogP contribution < -0.4 is 9.64 Å². The van der Waals surface area contributed by atoms with Gasteiger partial charge in [0.1, 0.15) is 17.1 Å². The molecule has 2 aromatic heterocycles. The van der Waals surface area contributed by atoms with Crippen molar-refractivity contribution in [3.8, 4) is 16.9 Å². The molecule has 1 amide bonds. The van der Waals surface area contributed by atoms with Crippen LogP contribution in [0.15, 0.2) is 73.1 Å². The van der Waals surface area contributed by atoms with Crippen molar-refractivity contribution in [3.05, 3.63) is 84.3 Å². The first-order valence-corrected chi connectivity index (χ1v) is 11.3. The first kappa shape index (κ1) is 21.7. The van der Waals surface area contributed by atoms with Gasteiger partial charge in [-0.1, -0.05) is 36.4 Å². The molecule has 2 aromatic carbocycles. The molecule has 1 saturated heterocycles. The minimum atomic E-state index is -0.0595. The highest BCUT2D eigenvalue weighted by atomic mass is 16.5. The number of ether oxygens (including phenoxy) is 1. The predicted molar refractivity (Wildman–Crippen MR) is 132 cm³/mol. The second kappa shape index (κ2) is 9.02. The minimum absolute atomic E-state index is 0.0449. The number of ketones is 1. The van der Waals surface area contributed by atoms with Crippen LogP contribution in [0.2, 0.25) is 0 Å². The zero-order chi connectivity index (χ0) is 23.7. The number of benzene rings is 2. The Morgan fingerprint density at radius 1 is 0.853 bits per heavy atom. The van der Waals surface area contributed by atoms with Gasteiger partial charge in [0.2, 0.25) is 0 Å². The number of Topliss-reactive ketones (excluding diaryl/α,β-unsaturated/α-hetero) is 1. The Labute approximate surface area is 198 Å². The van der Waals surface area contributed by atoms with Crippen LogP contribution >= 0.6 is 0 Å². The van der Waals surface area contributed by atoms with Crippen LogP contribution in [0.4, 0.5) is 5.69 Å². The smallest absolute Gasteiger partial charge is 0.274 e. The predicted octanol–water partition coefficient (Wildman–Crippen LogP) is 4.17. The van der Waals surface area contributed by atoms with E-state index in [1.165, 1.54) is 0 Å². The Morgan fingerprint density at radius 2 is 1.56 bits per heavy atom. The fourth-order valence-electron chi connectivity index (χ4n) is 4.37.